The summed E-state index contributed by atoms with van der Waals surface area (Å²) in [6.07, 6.45) is -13.8. The Morgan fingerprint density at radius 3 is 1.86 bits per heavy atom. The molecule has 0 saturated heterocycles. The first-order valence-corrected chi connectivity index (χ1v) is 11.9. The standard InChI is InChI=1S/C26H14Cl2F9N3O2/c1-12-4-2-3-5-16(12)22(42)39-19-8-13(6-7-14(19)11-38)21(41)40-20-17(27)9-15(10-18(20)28)23(29,25(32,33)34)24(30,31)26(35,36)37/h2-10H,1H3,(H,39,42)(H,40,41). The highest BCUT2D eigenvalue weighted by molar-refractivity contribution is 6.40. The highest BCUT2D eigenvalue weighted by Gasteiger charge is 2.81. The van der Waals surface area contributed by atoms with Crippen molar-refractivity contribution < 1.29 is 49.1 Å². The lowest BCUT2D eigenvalue weighted by Crippen LogP contribution is -2.59. The van der Waals surface area contributed by atoms with Gasteiger partial charge in [0, 0.05) is 16.7 Å². The van der Waals surface area contributed by atoms with Crippen LogP contribution in [0.4, 0.5) is 50.9 Å². The Labute approximate surface area is 240 Å². The van der Waals surface area contributed by atoms with E-state index in [1.54, 1.807) is 31.2 Å². The van der Waals surface area contributed by atoms with E-state index in [9.17, 15) is 54.4 Å². The maximum absolute atomic E-state index is 14.8. The van der Waals surface area contributed by atoms with Crippen molar-refractivity contribution in [1.82, 2.24) is 0 Å². The van der Waals surface area contributed by atoms with Crippen LogP contribution in [0.25, 0.3) is 0 Å². The number of alkyl halides is 9. The zero-order valence-corrected chi connectivity index (χ0v) is 22.1. The first kappa shape index (κ1) is 32.6. The molecule has 0 aliphatic rings. The van der Waals surface area contributed by atoms with Gasteiger partial charge in [0.2, 0.25) is 0 Å². The molecule has 2 N–H and O–H groups in total. The van der Waals surface area contributed by atoms with Crippen LogP contribution < -0.4 is 10.6 Å². The molecular formula is C26H14Cl2F9N3O2. The number of anilines is 2. The number of rotatable bonds is 6. The lowest BCUT2D eigenvalue weighted by Gasteiger charge is -2.36. The SMILES string of the molecule is Cc1ccccc1C(=O)Nc1cc(C(=O)Nc2c(Cl)cc(C(F)(C(F)(F)F)C(F)(F)C(F)(F)F)cc2Cl)ccc1C#N. The molecule has 0 fully saturated rings. The first-order chi connectivity index (χ1) is 19.3. The average molecular weight is 642 g/mol. The van der Waals surface area contributed by atoms with Gasteiger partial charge in [-0.15, -0.1) is 0 Å². The summed E-state index contributed by atoms with van der Waals surface area (Å²) < 4.78 is 121. The summed E-state index contributed by atoms with van der Waals surface area (Å²) in [4.78, 5) is 25.6. The number of nitrogens with zero attached hydrogens (tertiary/aromatic N) is 1. The Bertz CT molecular complexity index is 1580. The molecule has 0 spiro atoms. The monoisotopic (exact) mass is 641 g/mol. The fourth-order valence-corrected chi connectivity index (χ4v) is 4.28. The Balaban J connectivity index is 1.99. The largest absolute Gasteiger partial charge is 0.457 e. The van der Waals surface area contributed by atoms with Crippen LogP contribution in [0.3, 0.4) is 0 Å². The van der Waals surface area contributed by atoms with E-state index in [2.05, 4.69) is 5.32 Å². The Kier molecular flexibility index (Phi) is 8.82. The number of amides is 2. The van der Waals surface area contributed by atoms with E-state index in [-0.39, 0.29) is 34.5 Å². The number of carbonyl (C=O) groups is 2. The first-order valence-electron chi connectivity index (χ1n) is 11.2. The molecule has 3 aromatic carbocycles. The second kappa shape index (κ2) is 11.4. The number of hydrogen-bond donors (Lipinski definition) is 2. The third-order valence-corrected chi connectivity index (χ3v) is 6.49. The van der Waals surface area contributed by atoms with Crippen molar-refractivity contribution in [1.29, 1.82) is 5.26 Å². The molecular weight excluding hydrogens is 628 g/mol. The van der Waals surface area contributed by atoms with Crippen LogP contribution >= 0.6 is 23.2 Å². The fraction of sp³-hybridized carbons (Fsp3) is 0.192. The van der Waals surface area contributed by atoms with Gasteiger partial charge in [-0.05, 0) is 48.9 Å². The number of halogens is 11. The number of nitrogens with one attached hydrogen (secondary N) is 2. The highest BCUT2D eigenvalue weighted by Crippen LogP contribution is 2.59. The van der Waals surface area contributed by atoms with Gasteiger partial charge in [0.1, 0.15) is 6.07 Å². The average Bonchev–Trinajstić information content (AvgIpc) is 2.88. The van der Waals surface area contributed by atoms with E-state index in [0.717, 1.165) is 18.2 Å². The van der Waals surface area contributed by atoms with Crippen molar-refractivity contribution in [3.63, 3.8) is 0 Å². The second-order valence-corrected chi connectivity index (χ2v) is 9.45. The summed E-state index contributed by atoms with van der Waals surface area (Å²) in [6, 6.07) is 11.1. The lowest BCUT2D eigenvalue weighted by atomic mass is 9.87. The Morgan fingerprint density at radius 2 is 1.36 bits per heavy atom. The van der Waals surface area contributed by atoms with Crippen LogP contribution in [0.1, 0.15) is 37.4 Å². The summed E-state index contributed by atoms with van der Waals surface area (Å²) in [6.45, 7) is 1.65. The highest BCUT2D eigenvalue weighted by atomic mass is 35.5. The van der Waals surface area contributed by atoms with E-state index < -0.39 is 57.1 Å². The number of nitriles is 1. The van der Waals surface area contributed by atoms with E-state index >= 15 is 0 Å². The zero-order chi connectivity index (χ0) is 31.8. The summed E-state index contributed by atoms with van der Waals surface area (Å²) >= 11 is 11.5. The molecule has 16 heteroatoms. The van der Waals surface area contributed by atoms with Crippen molar-refractivity contribution in [2.75, 3.05) is 10.6 Å². The van der Waals surface area contributed by atoms with Gasteiger partial charge in [-0.25, -0.2) is 4.39 Å². The van der Waals surface area contributed by atoms with Gasteiger partial charge in [-0.3, -0.25) is 9.59 Å². The van der Waals surface area contributed by atoms with Crippen LogP contribution in [-0.2, 0) is 5.67 Å². The van der Waals surface area contributed by atoms with Gasteiger partial charge in [-0.2, -0.15) is 40.4 Å². The number of benzene rings is 3. The Morgan fingerprint density at radius 1 is 0.786 bits per heavy atom. The molecule has 0 aromatic heterocycles. The normalized spacial score (nSPS) is 13.6. The second-order valence-electron chi connectivity index (χ2n) is 8.64. The molecule has 0 bridgehead atoms. The molecule has 1 atom stereocenters. The Hall–Kier alpha value is -3.96. The van der Waals surface area contributed by atoms with Crippen molar-refractivity contribution in [3.8, 4) is 6.07 Å². The molecule has 0 heterocycles. The molecule has 0 aliphatic carbocycles. The van der Waals surface area contributed by atoms with Crippen molar-refractivity contribution in [3.05, 3.63) is 92.5 Å². The lowest BCUT2D eigenvalue weighted by molar-refractivity contribution is -0.389. The van der Waals surface area contributed by atoms with Gasteiger partial charge in [-0.1, -0.05) is 41.4 Å². The molecule has 222 valence electrons. The van der Waals surface area contributed by atoms with E-state index in [0.29, 0.717) is 5.56 Å². The summed E-state index contributed by atoms with van der Waals surface area (Å²) in [5, 5.41) is 11.6. The molecule has 5 nitrogen and oxygen atoms in total. The van der Waals surface area contributed by atoms with E-state index in [1.165, 1.54) is 6.07 Å². The third-order valence-electron chi connectivity index (χ3n) is 5.90. The fourth-order valence-electron chi connectivity index (χ4n) is 3.70. The van der Waals surface area contributed by atoms with Crippen LogP contribution in [0, 0.1) is 18.3 Å². The van der Waals surface area contributed by atoms with E-state index in [1.807, 2.05) is 5.32 Å². The van der Waals surface area contributed by atoms with Gasteiger partial charge in [0.15, 0.2) is 0 Å². The molecule has 0 radical (unpaired) electrons. The summed E-state index contributed by atoms with van der Waals surface area (Å²) in [7, 11) is 0. The van der Waals surface area contributed by atoms with Crippen molar-refractivity contribution >= 4 is 46.4 Å². The van der Waals surface area contributed by atoms with Crippen molar-refractivity contribution in [2.45, 2.75) is 30.9 Å². The number of aryl methyl sites for hydroxylation is 1. The van der Waals surface area contributed by atoms with Crippen LogP contribution in [0.2, 0.25) is 10.0 Å². The maximum atomic E-state index is 14.8. The molecule has 42 heavy (non-hydrogen) atoms. The molecule has 0 aliphatic heterocycles. The zero-order valence-electron chi connectivity index (χ0n) is 20.6. The predicted molar refractivity (Wildman–Crippen MR) is 135 cm³/mol. The maximum Gasteiger partial charge on any atom is 0.457 e. The molecule has 0 saturated carbocycles. The summed E-state index contributed by atoms with van der Waals surface area (Å²) in [5.41, 5.74) is -9.00. The minimum atomic E-state index is -6.97. The van der Waals surface area contributed by atoms with Crippen LogP contribution in [-0.4, -0.2) is 30.1 Å². The predicted octanol–water partition coefficient (Wildman–Crippen LogP) is 8.60. The minimum Gasteiger partial charge on any atom is -0.321 e. The third kappa shape index (κ3) is 5.84. The van der Waals surface area contributed by atoms with Gasteiger partial charge < -0.3 is 10.6 Å². The number of carbonyl (C=O) groups excluding carboxylic acids is 2. The summed E-state index contributed by atoms with van der Waals surface area (Å²) in [5.74, 6) is -8.72. The quantitative estimate of drug-likeness (QED) is 0.264. The van der Waals surface area contributed by atoms with Crippen LogP contribution in [0.15, 0.2) is 54.6 Å². The smallest absolute Gasteiger partial charge is 0.321 e. The molecule has 3 rings (SSSR count). The van der Waals surface area contributed by atoms with Crippen LogP contribution in [0.5, 0.6) is 0 Å². The topological polar surface area (TPSA) is 82.0 Å². The van der Waals surface area contributed by atoms with Gasteiger partial charge >= 0.3 is 23.9 Å². The minimum absolute atomic E-state index is 0.0778. The molecule has 2 amide bonds. The van der Waals surface area contributed by atoms with Crippen molar-refractivity contribution in [2.24, 2.45) is 0 Å². The molecule has 1 unspecified atom stereocenters. The van der Waals surface area contributed by atoms with Gasteiger partial charge in [0.05, 0.1) is 27.0 Å². The number of hydrogen-bond acceptors (Lipinski definition) is 3. The van der Waals surface area contributed by atoms with E-state index in [4.69, 9.17) is 23.2 Å². The molecule has 3 aromatic rings. The van der Waals surface area contributed by atoms with Gasteiger partial charge in [0.25, 0.3) is 11.8 Å².